The van der Waals surface area contributed by atoms with Gasteiger partial charge in [0, 0.05) is 11.2 Å². The zero-order valence-corrected chi connectivity index (χ0v) is 6.46. The van der Waals surface area contributed by atoms with E-state index >= 15 is 0 Å². The van der Waals surface area contributed by atoms with Crippen molar-refractivity contribution in [2.24, 2.45) is 5.18 Å². The van der Waals surface area contributed by atoms with Gasteiger partial charge in [-0.3, -0.25) is 4.79 Å². The molecule has 0 atom stereocenters. The van der Waals surface area contributed by atoms with Gasteiger partial charge in [0.1, 0.15) is 11.6 Å². The normalized spacial score (nSPS) is 9.69. The molecule has 0 aliphatic rings. The molecule has 0 N–H and O–H groups in total. The minimum Gasteiger partial charge on any atom is -0.269 e. The third-order valence-corrected chi connectivity index (χ3v) is 1.38. The summed E-state index contributed by atoms with van der Waals surface area (Å²) in [5, 5.41) is 2.11. The summed E-state index contributed by atoms with van der Waals surface area (Å²) in [6, 6.07) is 2.64. The molecule has 0 heterocycles. The predicted molar refractivity (Wildman–Crippen MR) is 40.9 cm³/mol. The Labute approximate surface area is 72.3 Å². The van der Waals surface area contributed by atoms with Gasteiger partial charge in [-0.25, -0.2) is 8.78 Å². The van der Waals surface area contributed by atoms with Crippen molar-refractivity contribution in [3.63, 3.8) is 0 Å². The highest BCUT2D eigenvalue weighted by Gasteiger charge is 2.05. The van der Waals surface area contributed by atoms with Gasteiger partial charge >= 0.3 is 0 Å². The maximum absolute atomic E-state index is 12.5. The van der Waals surface area contributed by atoms with Crippen molar-refractivity contribution in [1.29, 1.82) is 0 Å². The van der Waals surface area contributed by atoms with Crippen molar-refractivity contribution in [2.75, 3.05) is 0 Å². The molecule has 1 rings (SSSR count). The van der Waals surface area contributed by atoms with Gasteiger partial charge in [0.05, 0.1) is 6.42 Å². The second-order valence-corrected chi connectivity index (χ2v) is 2.44. The van der Waals surface area contributed by atoms with Crippen LogP contribution in [0.4, 0.5) is 8.78 Å². The molecule has 5 heteroatoms. The number of nitrogens with zero attached hydrogens (tertiary/aromatic N) is 1. The lowest BCUT2D eigenvalue weighted by Crippen LogP contribution is -1.98. The van der Waals surface area contributed by atoms with Crippen molar-refractivity contribution >= 4 is 5.91 Å². The van der Waals surface area contributed by atoms with Crippen LogP contribution < -0.4 is 0 Å². The average molecular weight is 185 g/mol. The molecular weight excluding hydrogens is 180 g/mol. The molecule has 0 saturated heterocycles. The first-order chi connectivity index (χ1) is 6.11. The van der Waals surface area contributed by atoms with Gasteiger partial charge in [0.15, 0.2) is 0 Å². The molecule has 0 aliphatic heterocycles. The lowest BCUT2D eigenvalue weighted by molar-refractivity contribution is -0.117. The van der Waals surface area contributed by atoms with E-state index in [0.29, 0.717) is 6.07 Å². The second-order valence-electron chi connectivity index (χ2n) is 2.44. The summed E-state index contributed by atoms with van der Waals surface area (Å²) in [5.74, 6) is -2.52. The Morgan fingerprint density at radius 3 is 2.23 bits per heavy atom. The zero-order valence-electron chi connectivity index (χ0n) is 6.46. The summed E-state index contributed by atoms with van der Waals surface area (Å²) in [5.41, 5.74) is 0.0992. The Morgan fingerprint density at radius 1 is 1.23 bits per heavy atom. The van der Waals surface area contributed by atoms with E-state index in [1.807, 2.05) is 0 Å². The van der Waals surface area contributed by atoms with Crippen LogP contribution in [0.1, 0.15) is 5.56 Å². The topological polar surface area (TPSA) is 46.5 Å². The summed E-state index contributed by atoms with van der Waals surface area (Å²) < 4.78 is 25.0. The molecule has 1 aromatic rings. The second kappa shape index (κ2) is 3.84. The number of amides is 1. The minimum absolute atomic E-state index is 0.0992. The van der Waals surface area contributed by atoms with E-state index in [1.165, 1.54) is 0 Å². The van der Waals surface area contributed by atoms with Gasteiger partial charge in [-0.2, -0.15) is 0 Å². The molecule has 3 nitrogen and oxygen atoms in total. The fraction of sp³-hybridized carbons (Fsp3) is 0.125. The van der Waals surface area contributed by atoms with E-state index in [4.69, 9.17) is 0 Å². The van der Waals surface area contributed by atoms with Crippen LogP contribution >= 0.6 is 0 Å². The summed E-state index contributed by atoms with van der Waals surface area (Å²) >= 11 is 0. The Balaban J connectivity index is 2.89. The smallest absolute Gasteiger partial charge is 0.269 e. The quantitative estimate of drug-likeness (QED) is 0.659. The lowest BCUT2D eigenvalue weighted by Gasteiger charge is -1.96. The number of hydrogen-bond acceptors (Lipinski definition) is 2. The molecule has 0 unspecified atom stereocenters. The van der Waals surface area contributed by atoms with E-state index < -0.39 is 17.5 Å². The van der Waals surface area contributed by atoms with Gasteiger partial charge in [-0.15, -0.1) is 4.91 Å². The number of carbonyl (C=O) groups is 1. The summed E-state index contributed by atoms with van der Waals surface area (Å²) in [7, 11) is 0. The third-order valence-electron chi connectivity index (χ3n) is 1.38. The number of benzene rings is 1. The first-order valence-electron chi connectivity index (χ1n) is 3.43. The first kappa shape index (κ1) is 9.44. The summed E-state index contributed by atoms with van der Waals surface area (Å²) in [6.07, 6.45) is -0.377. The van der Waals surface area contributed by atoms with Crippen LogP contribution in [0.3, 0.4) is 0 Å². The summed E-state index contributed by atoms with van der Waals surface area (Å²) in [6.45, 7) is 0. The lowest BCUT2D eigenvalue weighted by atomic mass is 10.1. The van der Waals surface area contributed by atoms with Gasteiger partial charge in [-0.05, 0) is 17.7 Å². The number of rotatable bonds is 2. The van der Waals surface area contributed by atoms with Crippen molar-refractivity contribution in [3.05, 3.63) is 40.3 Å². The fourth-order valence-electron chi connectivity index (χ4n) is 0.920. The Morgan fingerprint density at radius 2 is 1.77 bits per heavy atom. The Kier molecular flexibility index (Phi) is 2.79. The molecule has 0 fully saturated rings. The van der Waals surface area contributed by atoms with Crippen molar-refractivity contribution in [3.8, 4) is 0 Å². The standard InChI is InChI=1S/C8H5F2NO2/c9-6-1-5(2-7(10)4-6)3-8(12)11-13/h1-2,4H,3H2. The first-order valence-corrected chi connectivity index (χ1v) is 3.43. The van der Waals surface area contributed by atoms with Crippen LogP contribution in [0.25, 0.3) is 0 Å². The highest BCUT2D eigenvalue weighted by atomic mass is 19.1. The number of halogens is 2. The summed E-state index contributed by atoms with van der Waals surface area (Å²) in [4.78, 5) is 20.2. The van der Waals surface area contributed by atoms with Crippen LogP contribution in [0, 0.1) is 16.5 Å². The van der Waals surface area contributed by atoms with E-state index in [1.54, 1.807) is 0 Å². The molecule has 1 aromatic carbocycles. The highest BCUT2D eigenvalue weighted by molar-refractivity contribution is 5.79. The largest absolute Gasteiger partial charge is 0.290 e. The molecule has 0 spiro atoms. The minimum atomic E-state index is -0.954. The van der Waals surface area contributed by atoms with Gasteiger partial charge in [0.2, 0.25) is 0 Å². The van der Waals surface area contributed by atoms with Crippen molar-refractivity contribution < 1.29 is 13.6 Å². The van der Waals surface area contributed by atoms with Crippen LogP contribution in [-0.4, -0.2) is 5.91 Å². The molecule has 68 valence electrons. The fourth-order valence-corrected chi connectivity index (χ4v) is 0.920. The van der Waals surface area contributed by atoms with Crippen molar-refractivity contribution in [1.82, 2.24) is 0 Å². The molecule has 0 aliphatic carbocycles. The molecule has 13 heavy (non-hydrogen) atoms. The van der Waals surface area contributed by atoms with Crippen LogP contribution in [0.15, 0.2) is 23.4 Å². The molecular formula is C8H5F2NO2. The number of carbonyl (C=O) groups excluding carboxylic acids is 1. The maximum Gasteiger partial charge on any atom is 0.290 e. The SMILES string of the molecule is O=NC(=O)Cc1cc(F)cc(F)c1. The van der Waals surface area contributed by atoms with E-state index in [2.05, 4.69) is 5.18 Å². The van der Waals surface area contributed by atoms with Gasteiger partial charge in [0.25, 0.3) is 5.91 Å². The van der Waals surface area contributed by atoms with Crippen LogP contribution in [0.5, 0.6) is 0 Å². The molecule has 0 aromatic heterocycles. The molecule has 0 bridgehead atoms. The van der Waals surface area contributed by atoms with E-state index in [-0.39, 0.29) is 12.0 Å². The number of hydrogen-bond donors (Lipinski definition) is 0. The Hall–Kier alpha value is -1.65. The van der Waals surface area contributed by atoms with E-state index in [9.17, 15) is 18.5 Å². The van der Waals surface area contributed by atoms with Gasteiger partial charge in [-0.1, -0.05) is 0 Å². The predicted octanol–water partition coefficient (Wildman–Crippen LogP) is 1.80. The number of nitroso groups, excluding NO2 is 1. The van der Waals surface area contributed by atoms with E-state index in [0.717, 1.165) is 12.1 Å². The van der Waals surface area contributed by atoms with Gasteiger partial charge < -0.3 is 0 Å². The highest BCUT2D eigenvalue weighted by Crippen LogP contribution is 2.08. The molecule has 0 saturated carbocycles. The van der Waals surface area contributed by atoms with Crippen molar-refractivity contribution in [2.45, 2.75) is 6.42 Å². The maximum atomic E-state index is 12.5. The Bertz CT molecular complexity index is 332. The van der Waals surface area contributed by atoms with Crippen LogP contribution in [0.2, 0.25) is 0 Å². The third kappa shape index (κ3) is 2.70. The molecule has 0 radical (unpaired) electrons. The zero-order chi connectivity index (χ0) is 9.84. The average Bonchev–Trinajstić information content (AvgIpc) is 2.02. The molecule has 1 amide bonds. The monoisotopic (exact) mass is 185 g/mol. The van der Waals surface area contributed by atoms with Crippen LogP contribution in [-0.2, 0) is 11.2 Å².